The second kappa shape index (κ2) is 4.98. The summed E-state index contributed by atoms with van der Waals surface area (Å²) in [4.78, 5) is 11.5. The van der Waals surface area contributed by atoms with Crippen molar-refractivity contribution in [3.63, 3.8) is 0 Å². The van der Waals surface area contributed by atoms with Crippen molar-refractivity contribution in [1.82, 2.24) is 0 Å². The van der Waals surface area contributed by atoms with Crippen molar-refractivity contribution in [2.45, 2.75) is 26.4 Å². The van der Waals surface area contributed by atoms with Crippen LogP contribution in [0.5, 0.6) is 0 Å². The summed E-state index contributed by atoms with van der Waals surface area (Å²) in [5.74, 6) is 0. The maximum absolute atomic E-state index is 11.5. The number of pyridine rings is 1. The minimum atomic E-state index is -0.481. The molecule has 0 aliphatic rings. The van der Waals surface area contributed by atoms with Gasteiger partial charge in [0.25, 0.3) is 0 Å². The highest BCUT2D eigenvalue weighted by molar-refractivity contribution is 5.57. The molecule has 1 heterocycles. The van der Waals surface area contributed by atoms with E-state index in [1.165, 1.54) is 4.57 Å². The van der Waals surface area contributed by atoms with Gasteiger partial charge in [-0.25, -0.2) is 0 Å². The minimum Gasteiger partial charge on any atom is -1.00 e. The van der Waals surface area contributed by atoms with Crippen molar-refractivity contribution in [1.29, 1.82) is 0 Å². The van der Waals surface area contributed by atoms with Crippen LogP contribution >= 0.6 is 0 Å². The molecule has 0 radical (unpaired) electrons. The van der Waals surface area contributed by atoms with E-state index in [-0.39, 0.29) is 12.4 Å². The fraction of sp³-hybridized carbons (Fsp3) is 0.400. The summed E-state index contributed by atoms with van der Waals surface area (Å²) in [6.07, 6.45) is 2.74. The van der Waals surface area contributed by atoms with Gasteiger partial charge in [0.2, 0.25) is 0 Å². The van der Waals surface area contributed by atoms with Crippen LogP contribution in [-0.2, 0) is 4.74 Å². The fourth-order valence-electron chi connectivity index (χ4n) is 0.874. The highest BCUT2D eigenvalue weighted by Crippen LogP contribution is 2.06. The predicted octanol–water partition coefficient (Wildman–Crippen LogP) is -1.66. The number of nitrogens with two attached hydrogens (primary N) is 1. The molecule has 0 atom stereocenters. The Morgan fingerprint density at radius 1 is 1.33 bits per heavy atom. The highest BCUT2D eigenvalue weighted by Gasteiger charge is 2.23. The second-order valence-electron chi connectivity index (χ2n) is 4.02. The molecule has 15 heavy (non-hydrogen) atoms. The lowest BCUT2D eigenvalue weighted by molar-refractivity contribution is -0.588. The predicted molar refractivity (Wildman–Crippen MR) is 52.7 cm³/mol. The number of nitrogens with zero attached hydrogens (tertiary/aromatic N) is 1. The Hall–Kier alpha value is -1.29. The lowest BCUT2D eigenvalue weighted by atomic mass is 10.2. The van der Waals surface area contributed by atoms with Crippen LogP contribution in [0.15, 0.2) is 24.5 Å². The molecule has 0 aromatic carbocycles. The molecule has 4 nitrogen and oxygen atoms in total. The van der Waals surface area contributed by atoms with Crippen LogP contribution in [0.25, 0.3) is 0 Å². The largest absolute Gasteiger partial charge is 1.00 e. The van der Waals surface area contributed by atoms with Crippen molar-refractivity contribution in [3.05, 3.63) is 24.5 Å². The van der Waals surface area contributed by atoms with Crippen LogP contribution in [0.4, 0.5) is 10.5 Å². The summed E-state index contributed by atoms with van der Waals surface area (Å²) in [7, 11) is 0. The third-order valence-corrected chi connectivity index (χ3v) is 1.46. The molecule has 0 saturated carbocycles. The van der Waals surface area contributed by atoms with E-state index in [9.17, 15) is 4.79 Å². The van der Waals surface area contributed by atoms with Crippen molar-refractivity contribution >= 4 is 11.8 Å². The van der Waals surface area contributed by atoms with E-state index in [1.54, 1.807) is 24.5 Å². The number of anilines is 1. The van der Waals surface area contributed by atoms with Gasteiger partial charge >= 0.3 is 6.09 Å². The molecule has 0 fully saturated rings. The van der Waals surface area contributed by atoms with Gasteiger partial charge in [-0.3, -0.25) is 0 Å². The first kappa shape index (κ1) is 13.7. The van der Waals surface area contributed by atoms with Gasteiger partial charge in [-0.05, 0) is 20.8 Å². The number of rotatable bonds is 0. The number of hydrogen-bond donors (Lipinski definition) is 1. The fourth-order valence-corrected chi connectivity index (χ4v) is 0.874. The highest BCUT2D eigenvalue weighted by atomic mass is 35.5. The van der Waals surface area contributed by atoms with Gasteiger partial charge in [0.1, 0.15) is 5.60 Å². The zero-order valence-electron chi connectivity index (χ0n) is 9.03. The van der Waals surface area contributed by atoms with Crippen LogP contribution in [0.1, 0.15) is 20.8 Å². The van der Waals surface area contributed by atoms with E-state index in [2.05, 4.69) is 0 Å². The summed E-state index contributed by atoms with van der Waals surface area (Å²) < 4.78 is 6.50. The topological polar surface area (TPSA) is 56.2 Å². The molecule has 84 valence electrons. The minimum absolute atomic E-state index is 0. The van der Waals surface area contributed by atoms with Crippen LogP contribution < -0.4 is 22.7 Å². The average Bonchev–Trinajstić information content (AvgIpc) is 2.02. The number of halogens is 1. The molecule has 0 saturated heterocycles. The molecular formula is C10H15ClN2O2. The number of hydrogen-bond acceptors (Lipinski definition) is 3. The Kier molecular flexibility index (Phi) is 4.55. The molecule has 1 aromatic heterocycles. The van der Waals surface area contributed by atoms with E-state index in [1.807, 2.05) is 20.8 Å². The maximum Gasteiger partial charge on any atom is 0.602 e. The van der Waals surface area contributed by atoms with Gasteiger partial charge < -0.3 is 22.9 Å². The molecule has 0 aliphatic heterocycles. The Morgan fingerprint density at radius 2 is 1.80 bits per heavy atom. The molecule has 0 aliphatic carbocycles. The normalized spacial score (nSPS) is 10.3. The zero-order valence-corrected chi connectivity index (χ0v) is 9.78. The summed E-state index contributed by atoms with van der Waals surface area (Å²) in [6, 6.07) is 3.29. The Morgan fingerprint density at radius 3 is 2.20 bits per heavy atom. The van der Waals surface area contributed by atoms with Gasteiger partial charge in [0.05, 0.1) is 0 Å². The molecule has 0 unspecified atom stereocenters. The van der Waals surface area contributed by atoms with Crippen LogP contribution in [0.2, 0.25) is 0 Å². The first-order valence-electron chi connectivity index (χ1n) is 4.39. The standard InChI is InChI=1S/C10H14N2O2.ClH/c1-10(2,3)14-9(13)12-6-4-8(11)5-7-12;/h4-7,11H,1-3H3;1H. The van der Waals surface area contributed by atoms with Crippen molar-refractivity contribution in [3.8, 4) is 0 Å². The van der Waals surface area contributed by atoms with Gasteiger partial charge in [0.15, 0.2) is 12.4 Å². The summed E-state index contributed by atoms with van der Waals surface area (Å²) in [6.45, 7) is 5.47. The molecule has 5 heteroatoms. The van der Waals surface area contributed by atoms with Gasteiger partial charge in [0, 0.05) is 17.8 Å². The van der Waals surface area contributed by atoms with Crippen LogP contribution in [0.3, 0.4) is 0 Å². The third-order valence-electron chi connectivity index (χ3n) is 1.46. The lowest BCUT2D eigenvalue weighted by Crippen LogP contribution is -3.00. The second-order valence-corrected chi connectivity index (χ2v) is 4.02. The molecular weight excluding hydrogens is 216 g/mol. The van der Waals surface area contributed by atoms with E-state index in [4.69, 9.17) is 10.5 Å². The van der Waals surface area contributed by atoms with Gasteiger partial charge in [-0.2, -0.15) is 4.79 Å². The lowest BCUT2D eigenvalue weighted by Gasteiger charge is -2.15. The average molecular weight is 231 g/mol. The van der Waals surface area contributed by atoms with Crippen molar-refractivity contribution in [2.75, 3.05) is 5.73 Å². The zero-order chi connectivity index (χ0) is 10.8. The number of ether oxygens (including phenoxy) is 1. The number of carbonyl (C=O) groups is 1. The molecule has 1 aromatic rings. The molecule has 0 spiro atoms. The van der Waals surface area contributed by atoms with E-state index in [0.29, 0.717) is 5.69 Å². The van der Waals surface area contributed by atoms with Crippen LogP contribution in [-0.4, -0.2) is 11.7 Å². The summed E-state index contributed by atoms with van der Waals surface area (Å²) in [5, 5.41) is 0. The SMILES string of the molecule is CC(C)(C)OC(=O)[n+]1ccc(N)cc1.[Cl-]. The van der Waals surface area contributed by atoms with Crippen LogP contribution in [0, 0.1) is 0 Å². The molecule has 0 amide bonds. The quantitative estimate of drug-likeness (QED) is 0.543. The first-order valence-corrected chi connectivity index (χ1v) is 4.39. The Labute approximate surface area is 95.5 Å². The number of carbonyl (C=O) groups excluding carboxylic acids is 1. The smallest absolute Gasteiger partial charge is 0.602 e. The van der Waals surface area contributed by atoms with E-state index < -0.39 is 11.7 Å². The van der Waals surface area contributed by atoms with E-state index in [0.717, 1.165) is 0 Å². The Bertz CT molecular complexity index is 330. The van der Waals surface area contributed by atoms with Gasteiger partial charge in [-0.1, -0.05) is 4.57 Å². The first-order chi connectivity index (χ1) is 6.38. The number of nitrogen functional groups attached to an aromatic ring is 1. The molecule has 0 bridgehead atoms. The summed E-state index contributed by atoms with van der Waals surface area (Å²) in [5.41, 5.74) is 5.62. The monoisotopic (exact) mass is 230 g/mol. The van der Waals surface area contributed by atoms with Gasteiger partial charge in [-0.15, -0.1) is 0 Å². The molecule has 1 rings (SSSR count). The maximum atomic E-state index is 11.5. The number of aromatic nitrogens is 1. The third kappa shape index (κ3) is 4.65. The van der Waals surface area contributed by atoms with Crippen molar-refractivity contribution in [2.24, 2.45) is 0 Å². The Balaban J connectivity index is 0.00000196. The van der Waals surface area contributed by atoms with Crippen molar-refractivity contribution < 1.29 is 26.5 Å². The van der Waals surface area contributed by atoms with E-state index >= 15 is 0 Å². The molecule has 2 N–H and O–H groups in total. The summed E-state index contributed by atoms with van der Waals surface area (Å²) >= 11 is 0.